The third kappa shape index (κ3) is 4.69. The van der Waals surface area contributed by atoms with Crippen molar-refractivity contribution in [2.45, 2.75) is 53.2 Å². The largest absolute Gasteiger partial charge is 0.508 e. The molecule has 1 unspecified atom stereocenters. The van der Waals surface area contributed by atoms with Crippen LogP contribution in [0, 0.1) is 13.8 Å². The van der Waals surface area contributed by atoms with Crippen LogP contribution in [0.4, 0.5) is 5.69 Å². The minimum Gasteiger partial charge on any atom is -0.508 e. The first-order valence-corrected chi connectivity index (χ1v) is 12.4. The van der Waals surface area contributed by atoms with E-state index in [1.54, 1.807) is 25.1 Å². The number of phenols is 1. The molecule has 2 aromatic heterocycles. The molecule has 6 nitrogen and oxygen atoms in total. The van der Waals surface area contributed by atoms with E-state index >= 15 is 0 Å². The summed E-state index contributed by atoms with van der Waals surface area (Å²) >= 11 is 12.7. The number of nitrogens with one attached hydrogen (secondary N) is 1. The summed E-state index contributed by atoms with van der Waals surface area (Å²) in [6.45, 7) is 9.30. The average Bonchev–Trinajstić information content (AvgIpc) is 2.82. The highest BCUT2D eigenvalue weighted by Gasteiger charge is 2.22. The Morgan fingerprint density at radius 3 is 2.47 bits per heavy atom. The van der Waals surface area contributed by atoms with Gasteiger partial charge in [-0.25, -0.2) is 4.98 Å². The Labute approximate surface area is 219 Å². The Kier molecular flexibility index (Phi) is 7.32. The molecule has 2 aromatic carbocycles. The van der Waals surface area contributed by atoms with E-state index in [9.17, 15) is 15.0 Å². The highest BCUT2D eigenvalue weighted by Crippen LogP contribution is 2.40. The van der Waals surface area contributed by atoms with Crippen molar-refractivity contribution in [1.29, 1.82) is 0 Å². The summed E-state index contributed by atoms with van der Waals surface area (Å²) in [5.74, 6) is 0.628. The van der Waals surface area contributed by atoms with Crippen LogP contribution >= 0.6 is 23.2 Å². The van der Waals surface area contributed by atoms with E-state index in [2.05, 4.69) is 10.3 Å². The summed E-state index contributed by atoms with van der Waals surface area (Å²) < 4.78 is 6.32. The minimum atomic E-state index is -0.426. The van der Waals surface area contributed by atoms with Crippen molar-refractivity contribution in [3.63, 3.8) is 0 Å². The monoisotopic (exact) mass is 526 g/mol. The van der Waals surface area contributed by atoms with E-state index in [0.29, 0.717) is 39.2 Å². The molecule has 1 atom stereocenters. The molecule has 0 radical (unpaired) electrons. The van der Waals surface area contributed by atoms with Crippen LogP contribution in [0.5, 0.6) is 5.75 Å². The van der Waals surface area contributed by atoms with Crippen LogP contribution < -0.4 is 10.7 Å². The predicted octanol–water partition coefficient (Wildman–Crippen LogP) is 7.27. The molecule has 4 rings (SSSR count). The molecule has 0 saturated heterocycles. The quantitative estimate of drug-likeness (QED) is 0.228. The van der Waals surface area contributed by atoms with Crippen LogP contribution in [0.25, 0.3) is 22.2 Å². The van der Waals surface area contributed by atoms with Gasteiger partial charge in [0, 0.05) is 28.2 Å². The van der Waals surface area contributed by atoms with Crippen molar-refractivity contribution in [3.8, 4) is 17.0 Å². The fourth-order valence-corrected chi connectivity index (χ4v) is 4.93. The molecule has 3 N–H and O–H groups in total. The van der Waals surface area contributed by atoms with E-state index < -0.39 is 6.61 Å². The topological polar surface area (TPSA) is 95.6 Å². The van der Waals surface area contributed by atoms with Gasteiger partial charge in [0.2, 0.25) is 0 Å². The second-order valence-electron chi connectivity index (χ2n) is 9.29. The Morgan fingerprint density at radius 1 is 1.08 bits per heavy atom. The van der Waals surface area contributed by atoms with E-state index in [0.717, 1.165) is 11.1 Å². The first-order valence-electron chi connectivity index (χ1n) is 11.7. The van der Waals surface area contributed by atoms with Crippen molar-refractivity contribution < 1.29 is 14.6 Å². The Balaban J connectivity index is 1.86. The normalized spacial score (nSPS) is 12.4. The lowest BCUT2D eigenvalue weighted by molar-refractivity contribution is 0.275. The van der Waals surface area contributed by atoms with Gasteiger partial charge in [-0.3, -0.25) is 4.79 Å². The van der Waals surface area contributed by atoms with Crippen LogP contribution in [-0.2, 0) is 6.61 Å². The second-order valence-corrected chi connectivity index (χ2v) is 10.1. The number of pyridine rings is 1. The number of nitrogens with zero attached hydrogens (tertiary/aromatic N) is 1. The molecular weight excluding hydrogens is 499 g/mol. The molecule has 0 aliphatic carbocycles. The Bertz CT molecular complexity index is 1530. The molecule has 188 valence electrons. The molecule has 36 heavy (non-hydrogen) atoms. The van der Waals surface area contributed by atoms with Crippen LogP contribution in [0.15, 0.2) is 45.6 Å². The summed E-state index contributed by atoms with van der Waals surface area (Å²) in [5, 5.41) is 24.2. The third-order valence-electron chi connectivity index (χ3n) is 6.28. The first kappa shape index (κ1) is 26.0. The number of halogens is 2. The molecule has 4 aromatic rings. The first-order chi connectivity index (χ1) is 17.0. The van der Waals surface area contributed by atoms with Gasteiger partial charge < -0.3 is 19.9 Å². The van der Waals surface area contributed by atoms with Gasteiger partial charge in [0.1, 0.15) is 22.2 Å². The number of rotatable bonds is 6. The number of benzene rings is 2. The lowest BCUT2D eigenvalue weighted by Gasteiger charge is -2.21. The number of aromatic nitrogens is 1. The van der Waals surface area contributed by atoms with Crippen molar-refractivity contribution in [2.75, 3.05) is 5.32 Å². The Hall–Kier alpha value is -3.06. The fourth-order valence-electron chi connectivity index (χ4n) is 4.47. The van der Waals surface area contributed by atoms with Gasteiger partial charge >= 0.3 is 0 Å². The zero-order valence-electron chi connectivity index (χ0n) is 20.7. The standard InChI is InChI=1S/C28H28Cl2N2O4/c1-13(2)27-15(4)26(35)19-11-14(3)10-18(28(19)36-27)16(5)31-21-7-9-23(29)32-25(21)17-6-8-22(34)20(12-33)24(17)30/h6-11,13,16,31,33-34H,12H2,1-5H3. The summed E-state index contributed by atoms with van der Waals surface area (Å²) in [4.78, 5) is 17.7. The highest BCUT2D eigenvalue weighted by molar-refractivity contribution is 6.34. The summed E-state index contributed by atoms with van der Waals surface area (Å²) in [6.07, 6.45) is 0. The van der Waals surface area contributed by atoms with Crippen LogP contribution in [0.3, 0.4) is 0 Å². The third-order valence-corrected chi connectivity index (χ3v) is 6.93. The van der Waals surface area contributed by atoms with Gasteiger partial charge in [0.25, 0.3) is 0 Å². The molecular formula is C28H28Cl2N2O4. The maximum atomic E-state index is 13.2. The number of aromatic hydroxyl groups is 1. The molecule has 0 aliphatic rings. The van der Waals surface area contributed by atoms with Crippen molar-refractivity contribution >= 4 is 39.9 Å². The minimum absolute atomic E-state index is 0.0293. The van der Waals surface area contributed by atoms with Gasteiger partial charge in [-0.1, -0.05) is 43.1 Å². The highest BCUT2D eigenvalue weighted by atomic mass is 35.5. The predicted molar refractivity (Wildman–Crippen MR) is 145 cm³/mol. The smallest absolute Gasteiger partial charge is 0.195 e. The van der Waals surface area contributed by atoms with Crippen molar-refractivity contribution in [1.82, 2.24) is 4.98 Å². The van der Waals surface area contributed by atoms with Gasteiger partial charge in [0.15, 0.2) is 5.43 Å². The molecule has 0 fully saturated rings. The van der Waals surface area contributed by atoms with Crippen LogP contribution in [-0.4, -0.2) is 15.2 Å². The van der Waals surface area contributed by atoms with Crippen molar-refractivity contribution in [3.05, 3.63) is 84.8 Å². The van der Waals surface area contributed by atoms with E-state index in [1.165, 1.54) is 6.07 Å². The van der Waals surface area contributed by atoms with E-state index in [1.807, 2.05) is 39.8 Å². The second kappa shape index (κ2) is 10.1. The van der Waals surface area contributed by atoms with Gasteiger partial charge in [-0.2, -0.15) is 0 Å². The lowest BCUT2D eigenvalue weighted by Crippen LogP contribution is -2.14. The van der Waals surface area contributed by atoms with Gasteiger partial charge in [0.05, 0.1) is 34.4 Å². The lowest BCUT2D eigenvalue weighted by atomic mass is 9.98. The molecule has 2 heterocycles. The van der Waals surface area contributed by atoms with E-state index in [-0.39, 0.29) is 38.9 Å². The summed E-state index contributed by atoms with van der Waals surface area (Å²) in [6, 6.07) is 10.1. The number of fused-ring (bicyclic) bond motifs is 1. The molecule has 0 bridgehead atoms. The average molecular weight is 527 g/mol. The van der Waals surface area contributed by atoms with E-state index in [4.69, 9.17) is 27.6 Å². The maximum Gasteiger partial charge on any atom is 0.195 e. The molecule has 0 spiro atoms. The van der Waals surface area contributed by atoms with Gasteiger partial charge in [-0.05, 0) is 56.7 Å². The molecule has 0 saturated carbocycles. The summed E-state index contributed by atoms with van der Waals surface area (Å²) in [7, 11) is 0. The zero-order chi connectivity index (χ0) is 26.3. The number of aryl methyl sites for hydroxylation is 1. The number of hydrogen-bond acceptors (Lipinski definition) is 6. The van der Waals surface area contributed by atoms with Crippen LogP contribution in [0.2, 0.25) is 10.2 Å². The number of hydrogen-bond donors (Lipinski definition) is 3. The molecule has 0 amide bonds. The van der Waals surface area contributed by atoms with Crippen molar-refractivity contribution in [2.24, 2.45) is 0 Å². The number of aliphatic hydroxyl groups is 1. The molecule has 8 heteroatoms. The number of anilines is 1. The molecule has 0 aliphatic heterocycles. The van der Waals surface area contributed by atoms with Gasteiger partial charge in [-0.15, -0.1) is 0 Å². The Morgan fingerprint density at radius 2 is 1.81 bits per heavy atom. The van der Waals surface area contributed by atoms with Crippen LogP contribution in [0.1, 0.15) is 60.7 Å². The summed E-state index contributed by atoms with van der Waals surface area (Å²) in [5.41, 5.74) is 4.73. The SMILES string of the molecule is Cc1cc(C(C)Nc2ccc(Cl)nc2-c2ccc(O)c(CO)c2Cl)c2oc(C(C)C)c(C)c(=O)c2c1. The number of aliphatic hydroxyl groups excluding tert-OH is 1. The fraction of sp³-hybridized carbons (Fsp3) is 0.286. The maximum absolute atomic E-state index is 13.2. The zero-order valence-corrected chi connectivity index (χ0v) is 22.3.